The zero-order chi connectivity index (χ0) is 26.8. The molecule has 2 saturated carbocycles. The molecule has 1 aromatic heterocycles. The number of amides is 1. The van der Waals surface area contributed by atoms with E-state index >= 15 is 0 Å². The molecular formula is C26H36N4O6S. The van der Waals surface area contributed by atoms with Gasteiger partial charge in [0.2, 0.25) is 15.9 Å². The van der Waals surface area contributed by atoms with Crippen molar-refractivity contribution in [3.05, 3.63) is 39.0 Å². The standard InChI is InChI=1S/C26H36N4O6S/c1-14(2)21(31)29-23-25(3,4)15-11-18-20(36-10-8-26(18,23)13-15)7-9-27-37(34,35)16-5-6-19-17(12-16)22(32)30-24(33)28-19/h5-6,12,14-15,18,20,23,27H,7-11,13H2,1-4H3,(H,29,31)(H2,28,30,32,33)/t15-,18-,20-,23-,26?/m1/s1. The summed E-state index contributed by atoms with van der Waals surface area (Å²) in [5.74, 6) is 0.740. The van der Waals surface area contributed by atoms with E-state index in [0.717, 1.165) is 19.3 Å². The van der Waals surface area contributed by atoms with E-state index in [9.17, 15) is 22.8 Å². The number of carbonyl (C=O) groups is 1. The lowest BCUT2D eigenvalue weighted by Gasteiger charge is -2.53. The minimum absolute atomic E-state index is 0.00272. The minimum Gasteiger partial charge on any atom is -0.378 e. The van der Waals surface area contributed by atoms with Crippen LogP contribution in [0.2, 0.25) is 0 Å². The van der Waals surface area contributed by atoms with Gasteiger partial charge in [0.25, 0.3) is 5.56 Å². The number of carbonyl (C=O) groups excluding carboxylic acids is 1. The number of aromatic amines is 2. The maximum Gasteiger partial charge on any atom is 0.326 e. The summed E-state index contributed by atoms with van der Waals surface area (Å²) in [6, 6.07) is 4.12. The Kier molecular flexibility index (Phi) is 6.39. The fourth-order valence-corrected chi connectivity index (χ4v) is 8.31. The van der Waals surface area contributed by atoms with Crippen LogP contribution in [0.15, 0.2) is 32.7 Å². The van der Waals surface area contributed by atoms with E-state index in [2.05, 4.69) is 33.9 Å². The number of hydrogen-bond donors (Lipinski definition) is 4. The summed E-state index contributed by atoms with van der Waals surface area (Å²) in [6.45, 7) is 9.13. The summed E-state index contributed by atoms with van der Waals surface area (Å²) < 4.78 is 34.8. The van der Waals surface area contributed by atoms with Gasteiger partial charge < -0.3 is 15.0 Å². The van der Waals surface area contributed by atoms with Crippen LogP contribution in [0.1, 0.15) is 53.4 Å². The molecule has 2 aromatic rings. The smallest absolute Gasteiger partial charge is 0.326 e. The second-order valence-electron chi connectivity index (χ2n) is 11.9. The summed E-state index contributed by atoms with van der Waals surface area (Å²) in [5, 5.41) is 3.48. The van der Waals surface area contributed by atoms with Gasteiger partial charge in [0.15, 0.2) is 0 Å². The Labute approximate surface area is 216 Å². The van der Waals surface area contributed by atoms with Crippen molar-refractivity contribution in [3.63, 3.8) is 0 Å². The lowest BCUT2D eigenvalue weighted by molar-refractivity contribution is -0.138. The fourth-order valence-electron chi connectivity index (χ4n) is 7.23. The van der Waals surface area contributed by atoms with E-state index in [1.165, 1.54) is 18.2 Å². The van der Waals surface area contributed by atoms with Crippen molar-refractivity contribution in [1.82, 2.24) is 20.0 Å². The number of nitrogens with one attached hydrogen (secondary N) is 4. The number of aromatic nitrogens is 2. The van der Waals surface area contributed by atoms with Crippen LogP contribution in [0.5, 0.6) is 0 Å². The molecule has 10 nitrogen and oxygen atoms in total. The van der Waals surface area contributed by atoms with Crippen LogP contribution in [-0.4, -0.2) is 49.6 Å². The van der Waals surface area contributed by atoms with Crippen LogP contribution in [0.3, 0.4) is 0 Å². The normalized spacial score (nSPS) is 30.5. The van der Waals surface area contributed by atoms with E-state index in [0.29, 0.717) is 18.9 Å². The zero-order valence-corrected chi connectivity index (χ0v) is 22.5. The number of fused-ring (bicyclic) bond motifs is 2. The number of rotatable bonds is 7. The topological polar surface area (TPSA) is 150 Å². The molecule has 2 heterocycles. The molecule has 0 radical (unpaired) electrons. The summed E-state index contributed by atoms with van der Waals surface area (Å²) in [5.41, 5.74) is -1.05. The molecule has 2 bridgehead atoms. The fraction of sp³-hybridized carbons (Fsp3) is 0.654. The number of hydrogen-bond acceptors (Lipinski definition) is 6. The summed E-state index contributed by atoms with van der Waals surface area (Å²) in [7, 11) is -3.88. The van der Waals surface area contributed by atoms with Crippen molar-refractivity contribution < 1.29 is 17.9 Å². The van der Waals surface area contributed by atoms with Crippen molar-refractivity contribution in [2.75, 3.05) is 13.2 Å². The average molecular weight is 533 g/mol. The predicted molar refractivity (Wildman–Crippen MR) is 139 cm³/mol. The molecule has 3 aliphatic rings. The first-order valence-corrected chi connectivity index (χ1v) is 14.5. The molecule has 202 valence electrons. The van der Waals surface area contributed by atoms with Crippen molar-refractivity contribution in [1.29, 1.82) is 0 Å². The highest BCUT2D eigenvalue weighted by Gasteiger charge is 2.68. The second kappa shape index (κ2) is 9.06. The molecule has 1 spiro atoms. The van der Waals surface area contributed by atoms with Gasteiger partial charge in [-0.15, -0.1) is 0 Å². The molecule has 1 unspecified atom stereocenters. The third-order valence-electron chi connectivity index (χ3n) is 9.18. The first-order chi connectivity index (χ1) is 17.3. The highest BCUT2D eigenvalue weighted by atomic mass is 32.2. The van der Waals surface area contributed by atoms with Crippen molar-refractivity contribution in [2.24, 2.45) is 28.6 Å². The Morgan fingerprint density at radius 3 is 2.70 bits per heavy atom. The van der Waals surface area contributed by atoms with Crippen molar-refractivity contribution >= 4 is 26.8 Å². The van der Waals surface area contributed by atoms with Gasteiger partial charge in [-0.05, 0) is 66.5 Å². The molecule has 3 fully saturated rings. The Hall–Kier alpha value is -2.50. The van der Waals surface area contributed by atoms with Crippen LogP contribution in [0.4, 0.5) is 0 Å². The van der Waals surface area contributed by atoms with Crippen LogP contribution < -0.4 is 21.3 Å². The second-order valence-corrected chi connectivity index (χ2v) is 13.6. The molecule has 2 aliphatic carbocycles. The van der Waals surface area contributed by atoms with Gasteiger partial charge in [-0.3, -0.25) is 14.6 Å². The van der Waals surface area contributed by atoms with Gasteiger partial charge >= 0.3 is 5.69 Å². The number of H-pyrrole nitrogens is 2. The summed E-state index contributed by atoms with van der Waals surface area (Å²) in [6.07, 6.45) is 3.40. The molecule has 1 aromatic carbocycles. The highest BCUT2D eigenvalue weighted by Crippen LogP contribution is 2.68. The molecule has 11 heteroatoms. The van der Waals surface area contributed by atoms with Crippen molar-refractivity contribution in [3.8, 4) is 0 Å². The van der Waals surface area contributed by atoms with Crippen molar-refractivity contribution in [2.45, 2.75) is 70.4 Å². The van der Waals surface area contributed by atoms with E-state index in [1.807, 2.05) is 13.8 Å². The molecule has 37 heavy (non-hydrogen) atoms. The van der Waals surface area contributed by atoms with Gasteiger partial charge in [0.1, 0.15) is 0 Å². The van der Waals surface area contributed by atoms with E-state index in [1.54, 1.807) is 0 Å². The third-order valence-corrected chi connectivity index (χ3v) is 10.6. The quantitative estimate of drug-likeness (QED) is 0.428. The Morgan fingerprint density at radius 1 is 1.22 bits per heavy atom. The molecular weight excluding hydrogens is 496 g/mol. The minimum atomic E-state index is -3.88. The Balaban J connectivity index is 1.30. The largest absolute Gasteiger partial charge is 0.378 e. The SMILES string of the molecule is CC(C)C(=O)N[C@@H]1C(C)(C)[C@@H]2C[C@@H]3[C@@H](CCNS(=O)(=O)c4ccc5[nH]c(=O)[nH]c(=O)c5c4)OCCC31C2. The zero-order valence-electron chi connectivity index (χ0n) is 21.7. The summed E-state index contributed by atoms with van der Waals surface area (Å²) >= 11 is 0. The van der Waals surface area contributed by atoms with Crippen LogP contribution in [0, 0.1) is 28.6 Å². The maximum atomic E-state index is 13.0. The van der Waals surface area contributed by atoms with Gasteiger partial charge in [-0.1, -0.05) is 27.7 Å². The maximum absolute atomic E-state index is 13.0. The Bertz CT molecular complexity index is 1440. The number of benzene rings is 1. The van der Waals surface area contributed by atoms with E-state index in [4.69, 9.17) is 4.74 Å². The lowest BCUT2D eigenvalue weighted by atomic mass is 9.59. The van der Waals surface area contributed by atoms with Gasteiger partial charge in [0.05, 0.1) is 21.9 Å². The summed E-state index contributed by atoms with van der Waals surface area (Å²) in [4.78, 5) is 40.8. The molecule has 1 amide bonds. The number of sulfonamides is 1. The van der Waals surface area contributed by atoms with Gasteiger partial charge in [0, 0.05) is 25.1 Å². The van der Waals surface area contributed by atoms with E-state index in [-0.39, 0.29) is 63.1 Å². The first-order valence-electron chi connectivity index (χ1n) is 13.0. The van der Waals surface area contributed by atoms with Gasteiger partial charge in [-0.25, -0.2) is 17.9 Å². The van der Waals surface area contributed by atoms with Crippen LogP contribution in [-0.2, 0) is 19.6 Å². The third kappa shape index (κ3) is 4.34. The average Bonchev–Trinajstić information content (AvgIpc) is 3.31. The molecule has 4 N–H and O–H groups in total. The highest BCUT2D eigenvalue weighted by molar-refractivity contribution is 7.89. The lowest BCUT2D eigenvalue weighted by Crippen LogP contribution is -2.60. The van der Waals surface area contributed by atoms with Gasteiger partial charge in [-0.2, -0.15) is 0 Å². The molecule has 1 aliphatic heterocycles. The molecule has 1 saturated heterocycles. The van der Waals surface area contributed by atoms with Crippen LogP contribution >= 0.6 is 0 Å². The van der Waals surface area contributed by atoms with Crippen LogP contribution in [0.25, 0.3) is 10.9 Å². The predicted octanol–water partition coefficient (Wildman–Crippen LogP) is 1.87. The monoisotopic (exact) mass is 532 g/mol. The molecule has 5 atom stereocenters. The molecule has 5 rings (SSSR count). The number of ether oxygens (including phenoxy) is 1. The Morgan fingerprint density at radius 2 is 1.97 bits per heavy atom. The van der Waals surface area contributed by atoms with E-state index < -0.39 is 21.3 Å². The first kappa shape index (κ1) is 26.1.